The molecule has 0 N–H and O–H groups in total. The number of carbonyl (C=O) groups is 2. The molecule has 1 aliphatic heterocycles. The number of nitriles is 1. The molecule has 1 amide bonds. The maximum Gasteiger partial charge on any atom is 0.299 e. The molecule has 92 valence electrons. The first kappa shape index (κ1) is 12.3. The third-order valence-electron chi connectivity index (χ3n) is 3.33. The summed E-state index contributed by atoms with van der Waals surface area (Å²) in [7, 11) is 0. The van der Waals surface area contributed by atoms with Crippen LogP contribution in [0.4, 0.5) is 5.69 Å². The topological polar surface area (TPSA) is 61.2 Å². The number of benzene rings is 1. The number of unbranched alkanes of at least 4 members (excludes halogenated alkanes) is 1. The number of hydrogen-bond donors (Lipinski definition) is 0. The number of hydrogen-bond acceptors (Lipinski definition) is 3. The van der Waals surface area contributed by atoms with Crippen LogP contribution in [0, 0.1) is 25.2 Å². The normalized spacial score (nSPS) is 13.7. The zero-order chi connectivity index (χ0) is 13.3. The number of ketones is 1. The first-order chi connectivity index (χ1) is 8.57. The maximum absolute atomic E-state index is 11.9. The zero-order valence-corrected chi connectivity index (χ0v) is 10.5. The van der Waals surface area contributed by atoms with Crippen molar-refractivity contribution in [2.45, 2.75) is 26.7 Å². The summed E-state index contributed by atoms with van der Waals surface area (Å²) in [6.45, 7) is 4.29. The third kappa shape index (κ3) is 1.78. The van der Waals surface area contributed by atoms with Gasteiger partial charge in [0.25, 0.3) is 11.7 Å². The smallest absolute Gasteiger partial charge is 0.299 e. The van der Waals surface area contributed by atoms with Crippen molar-refractivity contribution in [3.8, 4) is 6.07 Å². The van der Waals surface area contributed by atoms with E-state index in [1.165, 1.54) is 4.90 Å². The van der Waals surface area contributed by atoms with Gasteiger partial charge in [0.2, 0.25) is 0 Å². The van der Waals surface area contributed by atoms with Gasteiger partial charge in [-0.3, -0.25) is 9.59 Å². The van der Waals surface area contributed by atoms with Gasteiger partial charge >= 0.3 is 0 Å². The highest BCUT2D eigenvalue weighted by Gasteiger charge is 2.36. The molecule has 0 saturated heterocycles. The van der Waals surface area contributed by atoms with Crippen LogP contribution in [0.3, 0.4) is 0 Å². The molecule has 4 heteroatoms. The van der Waals surface area contributed by atoms with Crippen molar-refractivity contribution in [2.75, 3.05) is 11.4 Å². The van der Waals surface area contributed by atoms with Gasteiger partial charge in [0.05, 0.1) is 17.3 Å². The molecule has 0 fully saturated rings. The highest BCUT2D eigenvalue weighted by atomic mass is 16.2. The molecule has 0 aliphatic carbocycles. The van der Waals surface area contributed by atoms with Crippen LogP contribution in [0.1, 0.15) is 34.3 Å². The van der Waals surface area contributed by atoms with Crippen molar-refractivity contribution in [2.24, 2.45) is 0 Å². The fourth-order valence-electron chi connectivity index (χ4n) is 2.20. The summed E-state index contributed by atoms with van der Waals surface area (Å²) in [5.41, 5.74) is 3.23. The Hall–Kier alpha value is -2.15. The molecule has 0 unspecified atom stereocenters. The van der Waals surface area contributed by atoms with Gasteiger partial charge in [-0.1, -0.05) is 6.07 Å². The fourth-order valence-corrected chi connectivity index (χ4v) is 2.20. The van der Waals surface area contributed by atoms with E-state index in [1.807, 2.05) is 26.0 Å². The van der Waals surface area contributed by atoms with Crippen molar-refractivity contribution in [3.63, 3.8) is 0 Å². The van der Waals surface area contributed by atoms with E-state index in [-0.39, 0.29) is 0 Å². The standard InChI is InChI=1S/C14H14N2O2/c1-9-5-6-11-12(10(9)2)16(8-4-3-7-15)14(18)13(11)17/h5-6H,3-4,8H2,1-2H3. The quantitative estimate of drug-likeness (QED) is 0.602. The van der Waals surface area contributed by atoms with Crippen LogP contribution in [0.5, 0.6) is 0 Å². The highest BCUT2D eigenvalue weighted by molar-refractivity contribution is 6.52. The lowest BCUT2D eigenvalue weighted by Gasteiger charge is -2.18. The predicted molar refractivity (Wildman–Crippen MR) is 67.4 cm³/mol. The van der Waals surface area contributed by atoms with Gasteiger partial charge < -0.3 is 4.90 Å². The van der Waals surface area contributed by atoms with E-state index in [1.54, 1.807) is 6.07 Å². The largest absolute Gasteiger partial charge is 0.304 e. The van der Waals surface area contributed by atoms with E-state index >= 15 is 0 Å². The molecule has 0 aromatic heterocycles. The van der Waals surface area contributed by atoms with Crippen LogP contribution in [0.2, 0.25) is 0 Å². The molecule has 0 atom stereocenters. The van der Waals surface area contributed by atoms with Crippen LogP contribution >= 0.6 is 0 Å². The van der Waals surface area contributed by atoms with Gasteiger partial charge in [0.1, 0.15) is 0 Å². The van der Waals surface area contributed by atoms with Crippen LogP contribution < -0.4 is 4.90 Å². The molecular formula is C14H14N2O2. The van der Waals surface area contributed by atoms with E-state index in [9.17, 15) is 9.59 Å². The number of carbonyl (C=O) groups excluding carboxylic acids is 2. The summed E-state index contributed by atoms with van der Waals surface area (Å²) in [5.74, 6) is -0.915. The van der Waals surface area contributed by atoms with E-state index in [0.717, 1.165) is 16.8 Å². The lowest BCUT2D eigenvalue weighted by atomic mass is 10.0. The summed E-state index contributed by atoms with van der Waals surface area (Å²) in [6.07, 6.45) is 0.973. The number of fused-ring (bicyclic) bond motifs is 1. The summed E-state index contributed by atoms with van der Waals surface area (Å²) in [4.78, 5) is 25.3. The van der Waals surface area contributed by atoms with Crippen LogP contribution in [-0.2, 0) is 4.79 Å². The number of amides is 1. The Balaban J connectivity index is 2.41. The van der Waals surface area contributed by atoms with E-state index < -0.39 is 11.7 Å². The molecule has 1 heterocycles. The first-order valence-corrected chi connectivity index (χ1v) is 5.91. The summed E-state index contributed by atoms with van der Waals surface area (Å²) >= 11 is 0. The minimum atomic E-state index is -0.475. The Labute approximate surface area is 106 Å². The lowest BCUT2D eigenvalue weighted by molar-refractivity contribution is -0.114. The van der Waals surface area contributed by atoms with Gasteiger partial charge in [0, 0.05) is 13.0 Å². The molecule has 1 aliphatic rings. The van der Waals surface area contributed by atoms with Crippen molar-refractivity contribution in [1.29, 1.82) is 5.26 Å². The second kappa shape index (κ2) is 4.61. The van der Waals surface area contributed by atoms with Crippen molar-refractivity contribution in [3.05, 3.63) is 28.8 Å². The maximum atomic E-state index is 11.9. The Kier molecular flexibility index (Phi) is 3.15. The molecule has 0 saturated carbocycles. The van der Waals surface area contributed by atoms with Crippen molar-refractivity contribution >= 4 is 17.4 Å². The predicted octanol–water partition coefficient (Wildman–Crippen LogP) is 2.14. The third-order valence-corrected chi connectivity index (χ3v) is 3.33. The van der Waals surface area contributed by atoms with Gasteiger partial charge in [0.15, 0.2) is 0 Å². The molecule has 2 rings (SSSR count). The highest BCUT2D eigenvalue weighted by Crippen LogP contribution is 2.34. The molecule has 0 radical (unpaired) electrons. The fraction of sp³-hybridized carbons (Fsp3) is 0.357. The average Bonchev–Trinajstić information content (AvgIpc) is 2.60. The Morgan fingerprint density at radius 3 is 2.67 bits per heavy atom. The lowest BCUT2D eigenvalue weighted by Crippen LogP contribution is -2.31. The minimum absolute atomic E-state index is 0.387. The number of aryl methyl sites for hydroxylation is 1. The summed E-state index contributed by atoms with van der Waals surface area (Å²) in [6, 6.07) is 5.61. The number of nitrogens with zero attached hydrogens (tertiary/aromatic N) is 2. The minimum Gasteiger partial charge on any atom is -0.304 e. The van der Waals surface area contributed by atoms with E-state index in [0.29, 0.717) is 24.9 Å². The Morgan fingerprint density at radius 1 is 1.28 bits per heavy atom. The van der Waals surface area contributed by atoms with Crippen LogP contribution in [0.25, 0.3) is 0 Å². The molecule has 1 aromatic carbocycles. The first-order valence-electron chi connectivity index (χ1n) is 5.91. The second-order valence-corrected chi connectivity index (χ2v) is 4.45. The van der Waals surface area contributed by atoms with Crippen LogP contribution in [0.15, 0.2) is 12.1 Å². The summed E-state index contributed by atoms with van der Waals surface area (Å²) in [5, 5.41) is 8.53. The van der Waals surface area contributed by atoms with Crippen molar-refractivity contribution in [1.82, 2.24) is 0 Å². The Bertz CT molecular complexity index is 570. The van der Waals surface area contributed by atoms with E-state index in [2.05, 4.69) is 0 Å². The molecule has 4 nitrogen and oxygen atoms in total. The van der Waals surface area contributed by atoms with Gasteiger partial charge in [-0.25, -0.2) is 0 Å². The summed E-state index contributed by atoms with van der Waals surface area (Å²) < 4.78 is 0. The van der Waals surface area contributed by atoms with Gasteiger partial charge in [-0.15, -0.1) is 0 Å². The molecule has 0 spiro atoms. The molecule has 0 bridgehead atoms. The molecule has 18 heavy (non-hydrogen) atoms. The second-order valence-electron chi connectivity index (χ2n) is 4.45. The molecular weight excluding hydrogens is 228 g/mol. The van der Waals surface area contributed by atoms with Crippen LogP contribution in [-0.4, -0.2) is 18.2 Å². The monoisotopic (exact) mass is 242 g/mol. The SMILES string of the molecule is Cc1ccc2c(c1C)N(CCCC#N)C(=O)C2=O. The van der Waals surface area contributed by atoms with Gasteiger partial charge in [-0.05, 0) is 37.5 Å². The molecule has 1 aromatic rings. The van der Waals surface area contributed by atoms with Crippen molar-refractivity contribution < 1.29 is 9.59 Å². The zero-order valence-electron chi connectivity index (χ0n) is 10.5. The average molecular weight is 242 g/mol. The van der Waals surface area contributed by atoms with Gasteiger partial charge in [-0.2, -0.15) is 5.26 Å². The number of anilines is 1. The van der Waals surface area contributed by atoms with E-state index in [4.69, 9.17) is 5.26 Å². The number of Topliss-reactive ketones (excluding diaryl/α,β-unsaturated/α-hetero) is 1. The number of rotatable bonds is 3. The Morgan fingerprint density at radius 2 is 2.00 bits per heavy atom.